The van der Waals surface area contributed by atoms with E-state index in [2.05, 4.69) is 15.3 Å². The Kier molecular flexibility index (Phi) is 9.66. The van der Waals surface area contributed by atoms with Crippen molar-refractivity contribution in [3.63, 3.8) is 0 Å². The van der Waals surface area contributed by atoms with E-state index in [4.69, 9.17) is 4.99 Å². The van der Waals surface area contributed by atoms with Crippen molar-refractivity contribution in [2.45, 2.75) is 65.1 Å². The van der Waals surface area contributed by atoms with E-state index in [1.165, 1.54) is 18.2 Å². The maximum Gasteiger partial charge on any atom is 0.328 e. The first-order valence-corrected chi connectivity index (χ1v) is 14.3. The van der Waals surface area contributed by atoms with E-state index in [0.29, 0.717) is 63.4 Å². The number of aliphatic hydroxyl groups excluding tert-OH is 1. The Balaban J connectivity index is 1.78. The second-order valence-corrected chi connectivity index (χ2v) is 10.3. The van der Waals surface area contributed by atoms with Gasteiger partial charge in [0.25, 0.3) is 5.91 Å². The third-order valence-corrected chi connectivity index (χ3v) is 7.54. The topological polar surface area (TPSA) is 135 Å². The van der Waals surface area contributed by atoms with Crippen LogP contribution in [0.1, 0.15) is 51.7 Å². The van der Waals surface area contributed by atoms with E-state index in [9.17, 15) is 19.5 Å². The lowest BCUT2D eigenvalue weighted by Gasteiger charge is -2.51. The Morgan fingerprint density at radius 3 is 2.51 bits per heavy atom. The van der Waals surface area contributed by atoms with Gasteiger partial charge < -0.3 is 10.4 Å². The molecule has 2 N–H and O–H groups in total. The zero-order valence-corrected chi connectivity index (χ0v) is 24.3. The summed E-state index contributed by atoms with van der Waals surface area (Å²) in [7, 11) is 0. The van der Waals surface area contributed by atoms with Gasteiger partial charge in [-0.3, -0.25) is 24.4 Å². The fraction of sp³-hybridized carbons (Fsp3) is 0.517. The molecule has 2 aliphatic rings. The van der Waals surface area contributed by atoms with Crippen LogP contribution in [-0.4, -0.2) is 103 Å². The maximum absolute atomic E-state index is 14.2. The fourth-order valence-corrected chi connectivity index (χ4v) is 5.76. The third-order valence-electron chi connectivity index (χ3n) is 7.54. The Hall–Kier alpha value is -3.90. The van der Waals surface area contributed by atoms with Crippen molar-refractivity contribution < 1.29 is 19.5 Å². The highest BCUT2D eigenvalue weighted by atomic mass is 16.3. The van der Waals surface area contributed by atoms with Gasteiger partial charge in [-0.25, -0.2) is 24.8 Å². The summed E-state index contributed by atoms with van der Waals surface area (Å²) in [5, 5.41) is 16.5. The number of fused-ring (bicyclic) bond motifs is 1. The number of hydrogen-bond acceptors (Lipinski definition) is 9. The fourth-order valence-electron chi connectivity index (χ4n) is 5.76. The number of carbonyl (C=O) groups excluding carboxylic acids is 3. The van der Waals surface area contributed by atoms with Crippen molar-refractivity contribution in [2.75, 3.05) is 38.1 Å². The normalized spacial score (nSPS) is 20.5. The number of imide groups is 1. The molecular weight excluding hydrogens is 524 g/mol. The highest BCUT2D eigenvalue weighted by Crippen LogP contribution is 2.42. The van der Waals surface area contributed by atoms with E-state index < -0.39 is 11.7 Å². The lowest BCUT2D eigenvalue weighted by molar-refractivity contribution is -0.151. The van der Waals surface area contributed by atoms with Gasteiger partial charge in [-0.05, 0) is 42.5 Å². The molecule has 2 unspecified atom stereocenters. The van der Waals surface area contributed by atoms with Gasteiger partial charge in [0, 0.05) is 57.6 Å². The number of aliphatic hydroxyl groups is 1. The minimum atomic E-state index is -1.14. The van der Waals surface area contributed by atoms with Gasteiger partial charge in [0.1, 0.15) is 12.2 Å². The summed E-state index contributed by atoms with van der Waals surface area (Å²) >= 11 is 0. The van der Waals surface area contributed by atoms with Crippen molar-refractivity contribution in [3.05, 3.63) is 54.1 Å². The summed E-state index contributed by atoms with van der Waals surface area (Å²) in [4.78, 5) is 56.3. The molecule has 3 heterocycles. The number of benzene rings is 1. The predicted octanol–water partition coefficient (Wildman–Crippen LogP) is 2.31. The van der Waals surface area contributed by atoms with Gasteiger partial charge >= 0.3 is 6.03 Å². The van der Waals surface area contributed by atoms with Crippen molar-refractivity contribution in [3.8, 4) is 0 Å². The lowest BCUT2D eigenvalue weighted by atomic mass is 9.91. The van der Waals surface area contributed by atoms with Crippen LogP contribution in [0.3, 0.4) is 0 Å². The molecule has 0 aliphatic carbocycles. The zero-order chi connectivity index (χ0) is 29.6. The molecule has 2 atom stereocenters. The number of amidine groups is 1. The minimum Gasteiger partial charge on any atom is -0.395 e. The van der Waals surface area contributed by atoms with E-state index in [-0.39, 0.29) is 24.5 Å². The van der Waals surface area contributed by atoms with Gasteiger partial charge in [-0.2, -0.15) is 0 Å². The molecule has 1 aromatic heterocycles. The quantitative estimate of drug-likeness (QED) is 0.379. The van der Waals surface area contributed by atoms with Crippen molar-refractivity contribution >= 4 is 29.4 Å². The molecule has 12 heteroatoms. The number of anilines is 1. The monoisotopic (exact) mass is 564 g/mol. The van der Waals surface area contributed by atoms with E-state index >= 15 is 0 Å². The molecule has 220 valence electrons. The number of hydrazine groups is 1. The molecule has 12 nitrogen and oxygen atoms in total. The second kappa shape index (κ2) is 13.2. The summed E-state index contributed by atoms with van der Waals surface area (Å²) < 4.78 is 0. The molecule has 0 saturated carbocycles. The van der Waals surface area contributed by atoms with Crippen LogP contribution in [0.15, 0.2) is 48.0 Å². The number of hydrogen-bond donors (Lipinski definition) is 2. The maximum atomic E-state index is 14.2. The van der Waals surface area contributed by atoms with Crippen LogP contribution < -0.4 is 5.32 Å². The molecule has 2 aliphatic heterocycles. The number of urea groups is 1. The summed E-state index contributed by atoms with van der Waals surface area (Å²) in [6.07, 6.45) is 6.81. The average molecular weight is 565 g/mol. The number of rotatable bonds is 13. The number of aromatic nitrogens is 2. The van der Waals surface area contributed by atoms with Crippen LogP contribution in [0.5, 0.6) is 0 Å². The zero-order valence-electron chi connectivity index (χ0n) is 24.3. The number of amides is 4. The molecule has 1 fully saturated rings. The van der Waals surface area contributed by atoms with Crippen LogP contribution in [-0.2, 0) is 22.4 Å². The van der Waals surface area contributed by atoms with Gasteiger partial charge in [-0.15, -0.1) is 0 Å². The van der Waals surface area contributed by atoms with Gasteiger partial charge in [0.2, 0.25) is 5.91 Å². The van der Waals surface area contributed by atoms with E-state index in [1.54, 1.807) is 17.3 Å². The molecule has 0 spiro atoms. The SMILES string of the molecule is CCCN1C(=O)C2N(N(CC)CCO)C(Cc3cncnc3)=NC2(CC)N(CCc2cccc(NC(C)=O)c2)C1=O. The molecule has 0 radical (unpaired) electrons. The van der Waals surface area contributed by atoms with Gasteiger partial charge in [0.15, 0.2) is 11.7 Å². The number of nitrogens with one attached hydrogen (secondary N) is 1. The Morgan fingerprint density at radius 1 is 1.12 bits per heavy atom. The average Bonchev–Trinajstić information content (AvgIpc) is 3.29. The summed E-state index contributed by atoms with van der Waals surface area (Å²) in [6, 6.07) is 6.40. The molecule has 2 aromatic rings. The van der Waals surface area contributed by atoms with Gasteiger partial charge in [-0.1, -0.05) is 32.9 Å². The van der Waals surface area contributed by atoms with Gasteiger partial charge in [0.05, 0.1) is 6.61 Å². The largest absolute Gasteiger partial charge is 0.395 e. The lowest BCUT2D eigenvalue weighted by Crippen LogP contribution is -2.74. The van der Waals surface area contributed by atoms with Crippen molar-refractivity contribution in [1.82, 2.24) is 29.8 Å². The van der Waals surface area contributed by atoms with Crippen LogP contribution in [0, 0.1) is 0 Å². The number of carbonyl (C=O) groups is 3. The Bertz CT molecular complexity index is 1270. The van der Waals surface area contributed by atoms with Crippen LogP contribution in [0.25, 0.3) is 0 Å². The Morgan fingerprint density at radius 2 is 1.88 bits per heavy atom. The van der Waals surface area contributed by atoms with Crippen molar-refractivity contribution in [1.29, 1.82) is 0 Å². The second-order valence-electron chi connectivity index (χ2n) is 10.3. The van der Waals surface area contributed by atoms with Crippen LogP contribution in [0.4, 0.5) is 10.5 Å². The highest BCUT2D eigenvalue weighted by molar-refractivity contribution is 6.05. The van der Waals surface area contributed by atoms with E-state index in [0.717, 1.165) is 11.1 Å². The highest BCUT2D eigenvalue weighted by Gasteiger charge is 2.62. The Labute approximate surface area is 241 Å². The first-order chi connectivity index (χ1) is 19.8. The number of nitrogens with zero attached hydrogens (tertiary/aromatic N) is 7. The first-order valence-electron chi connectivity index (χ1n) is 14.3. The van der Waals surface area contributed by atoms with E-state index in [1.807, 2.05) is 55.1 Å². The molecule has 0 bridgehead atoms. The molecule has 4 amide bonds. The molecule has 41 heavy (non-hydrogen) atoms. The smallest absolute Gasteiger partial charge is 0.328 e. The third kappa shape index (κ3) is 6.08. The molecule has 1 aromatic carbocycles. The minimum absolute atomic E-state index is 0.0991. The molecule has 1 saturated heterocycles. The number of aliphatic imine (C=N–C) groups is 1. The predicted molar refractivity (Wildman–Crippen MR) is 155 cm³/mol. The standard InChI is InChI=1S/C29H40N8O4/c1-5-12-35-27(40)26-29(6-2,36(28(35)41)13-11-22-9-8-10-24(16-22)32-21(4)39)33-25(17-23-18-30-20-31-19-23)37(26)34(7-3)14-15-38/h8-10,16,18-20,26,38H,5-7,11-15,17H2,1-4H3,(H,32,39). The molecule has 4 rings (SSSR count). The van der Waals surface area contributed by atoms with Crippen LogP contribution in [0.2, 0.25) is 0 Å². The number of likely N-dealkylation sites (N-methyl/N-ethyl adjacent to an activating group) is 1. The summed E-state index contributed by atoms with van der Waals surface area (Å²) in [5.74, 6) is 0.177. The summed E-state index contributed by atoms with van der Waals surface area (Å²) in [5.41, 5.74) is 1.32. The van der Waals surface area contributed by atoms with Crippen molar-refractivity contribution in [2.24, 2.45) is 4.99 Å². The summed E-state index contributed by atoms with van der Waals surface area (Å²) in [6.45, 7) is 8.68. The first kappa shape index (κ1) is 30.1. The molecular formula is C29H40N8O4. The van der Waals surface area contributed by atoms with Crippen LogP contribution >= 0.6 is 0 Å².